The summed E-state index contributed by atoms with van der Waals surface area (Å²) in [5, 5.41) is 42.7. The van der Waals surface area contributed by atoms with Gasteiger partial charge in [-0.3, -0.25) is 0 Å². The molecule has 1 aliphatic heterocycles. The van der Waals surface area contributed by atoms with Crippen molar-refractivity contribution < 1.29 is 30.0 Å². The highest BCUT2D eigenvalue weighted by Gasteiger charge is 2.31. The smallest absolute Gasteiger partial charge is 0.331 e. The van der Waals surface area contributed by atoms with E-state index in [4.69, 9.17) is 4.74 Å². The van der Waals surface area contributed by atoms with Crippen LogP contribution in [0.3, 0.4) is 0 Å². The van der Waals surface area contributed by atoms with Crippen LogP contribution in [0, 0.1) is 35.5 Å². The van der Waals surface area contributed by atoms with Crippen molar-refractivity contribution in [3.63, 3.8) is 0 Å². The van der Waals surface area contributed by atoms with Crippen LogP contribution in [0.5, 0.6) is 0 Å². The van der Waals surface area contributed by atoms with Gasteiger partial charge in [-0.2, -0.15) is 0 Å². The van der Waals surface area contributed by atoms with E-state index in [-0.39, 0.29) is 41.9 Å². The number of esters is 1. The molecule has 0 aromatic carbocycles. The van der Waals surface area contributed by atoms with Gasteiger partial charge in [0.2, 0.25) is 0 Å². The maximum Gasteiger partial charge on any atom is 0.331 e. The van der Waals surface area contributed by atoms with Crippen molar-refractivity contribution in [3.8, 4) is 0 Å². The molecule has 0 saturated carbocycles. The highest BCUT2D eigenvalue weighted by molar-refractivity contribution is 5.82. The van der Waals surface area contributed by atoms with Crippen LogP contribution < -0.4 is 0 Å². The average Bonchev–Trinajstić information content (AvgIpc) is 2.88. The van der Waals surface area contributed by atoms with Gasteiger partial charge in [-0.05, 0) is 31.1 Å². The fourth-order valence-corrected chi connectivity index (χ4v) is 5.04. The zero-order valence-corrected chi connectivity index (χ0v) is 24.2. The number of aliphatic hydroxyl groups excluding tert-OH is 4. The first-order valence-electron chi connectivity index (χ1n) is 14.1. The predicted octanol–water partition coefficient (Wildman–Crippen LogP) is 5.14. The molecule has 11 atom stereocenters. The van der Waals surface area contributed by atoms with Crippen molar-refractivity contribution >= 4 is 5.97 Å². The molecular weight excluding hydrogens is 480 g/mol. The zero-order valence-electron chi connectivity index (χ0n) is 24.2. The Kier molecular flexibility index (Phi) is 15.7. The molecule has 1 rings (SSSR count). The van der Waals surface area contributed by atoms with Crippen LogP contribution in [0.25, 0.3) is 0 Å². The molecular formula is C32H52O6. The molecule has 1 aliphatic rings. The fourth-order valence-electron chi connectivity index (χ4n) is 5.04. The van der Waals surface area contributed by atoms with Gasteiger partial charge in [0.05, 0.1) is 24.4 Å². The third-order valence-electron chi connectivity index (χ3n) is 7.78. The SMILES string of the molecule is C=C/C=C/[C@@H](C)[C@H]1OC(=O)/C=C/C=C/[C@@H](C)[C@H](O)C[C@@H](O)/C=C/[C@@H](C)[C@@H](O)[C@@H](C)C[C@@H](C)CC[C@@H](O)[C@H]1C. The third kappa shape index (κ3) is 12.2. The van der Waals surface area contributed by atoms with E-state index < -0.39 is 36.5 Å². The lowest BCUT2D eigenvalue weighted by molar-refractivity contribution is -0.150. The molecule has 0 spiro atoms. The number of hydrogen-bond donors (Lipinski definition) is 4. The molecule has 0 saturated heterocycles. The standard InChI is InChI=1S/C32H52O6/c1-8-9-12-24(5)32-26(7)28(34)18-15-21(2)19-25(6)31(37)23(4)16-17-27(33)20-29(35)22(3)13-10-11-14-30(36)38-32/h8-14,16-17,21-29,31-35,37H,1,15,18-20H2,2-7H3/b12-9+,13-10+,14-11+,17-16+/t21-,22+,23+,24+,25-,26+,27-,28+,29+,31+,32+/m0/s1. The molecule has 0 unspecified atom stereocenters. The summed E-state index contributed by atoms with van der Waals surface area (Å²) in [6, 6.07) is 0. The Balaban J connectivity index is 3.17. The lowest BCUT2D eigenvalue weighted by Gasteiger charge is -2.31. The molecule has 0 aromatic rings. The van der Waals surface area contributed by atoms with Crippen molar-refractivity contribution in [1.29, 1.82) is 0 Å². The largest absolute Gasteiger partial charge is 0.458 e. The predicted molar refractivity (Wildman–Crippen MR) is 154 cm³/mol. The second-order valence-electron chi connectivity index (χ2n) is 11.4. The molecule has 4 N–H and O–H groups in total. The average molecular weight is 533 g/mol. The first kappa shape index (κ1) is 34.0. The van der Waals surface area contributed by atoms with Gasteiger partial charge in [0, 0.05) is 36.2 Å². The molecule has 0 fully saturated rings. The molecule has 0 amide bonds. The van der Waals surface area contributed by atoms with Crippen LogP contribution in [0.4, 0.5) is 0 Å². The number of aliphatic hydroxyl groups is 4. The van der Waals surface area contributed by atoms with E-state index in [1.165, 1.54) is 6.08 Å². The summed E-state index contributed by atoms with van der Waals surface area (Å²) in [4.78, 5) is 12.6. The number of cyclic esters (lactones) is 1. The Bertz CT molecular complexity index is 815. The molecule has 6 nitrogen and oxygen atoms in total. The van der Waals surface area contributed by atoms with Crippen molar-refractivity contribution in [1.82, 2.24) is 0 Å². The fraction of sp³-hybridized carbons (Fsp3) is 0.656. The van der Waals surface area contributed by atoms with Crippen LogP contribution in [-0.2, 0) is 9.53 Å². The van der Waals surface area contributed by atoms with E-state index in [0.717, 1.165) is 12.8 Å². The van der Waals surface area contributed by atoms with Crippen molar-refractivity contribution in [2.45, 2.75) is 97.7 Å². The van der Waals surface area contributed by atoms with E-state index in [1.807, 2.05) is 52.8 Å². The Morgan fingerprint density at radius 1 is 0.921 bits per heavy atom. The molecule has 6 heteroatoms. The summed E-state index contributed by atoms with van der Waals surface area (Å²) in [5.74, 6) is -0.976. The highest BCUT2D eigenvalue weighted by atomic mass is 16.5. The minimum absolute atomic E-state index is 0.0366. The Labute approximate surface area is 230 Å². The van der Waals surface area contributed by atoms with Gasteiger partial charge in [0.1, 0.15) is 6.10 Å². The van der Waals surface area contributed by atoms with Gasteiger partial charge in [0.25, 0.3) is 0 Å². The van der Waals surface area contributed by atoms with Gasteiger partial charge in [-0.15, -0.1) is 0 Å². The van der Waals surface area contributed by atoms with E-state index in [0.29, 0.717) is 6.42 Å². The number of allylic oxidation sites excluding steroid dienone is 4. The second-order valence-corrected chi connectivity index (χ2v) is 11.4. The second kappa shape index (κ2) is 17.6. The zero-order chi connectivity index (χ0) is 28.8. The van der Waals surface area contributed by atoms with Crippen molar-refractivity contribution in [2.24, 2.45) is 35.5 Å². The van der Waals surface area contributed by atoms with E-state index in [2.05, 4.69) is 13.5 Å². The maximum absolute atomic E-state index is 12.6. The Hall–Kier alpha value is -1.99. The Morgan fingerprint density at radius 2 is 1.61 bits per heavy atom. The van der Waals surface area contributed by atoms with Gasteiger partial charge >= 0.3 is 5.97 Å². The summed E-state index contributed by atoms with van der Waals surface area (Å²) in [6.45, 7) is 15.5. The molecule has 1 heterocycles. The summed E-state index contributed by atoms with van der Waals surface area (Å²) < 4.78 is 5.81. The van der Waals surface area contributed by atoms with Gasteiger partial charge in [0.15, 0.2) is 0 Å². The van der Waals surface area contributed by atoms with Crippen LogP contribution >= 0.6 is 0 Å². The molecule has 0 aromatic heterocycles. The molecule has 38 heavy (non-hydrogen) atoms. The van der Waals surface area contributed by atoms with Crippen LogP contribution in [0.1, 0.15) is 67.2 Å². The van der Waals surface area contributed by atoms with E-state index in [1.54, 1.807) is 30.4 Å². The lowest BCUT2D eigenvalue weighted by Crippen LogP contribution is -2.37. The number of carbonyl (C=O) groups is 1. The highest BCUT2D eigenvalue weighted by Crippen LogP contribution is 2.28. The summed E-state index contributed by atoms with van der Waals surface area (Å²) in [6.07, 6.45) is 14.2. The minimum atomic E-state index is -0.828. The molecule has 0 radical (unpaired) electrons. The first-order valence-corrected chi connectivity index (χ1v) is 14.1. The van der Waals surface area contributed by atoms with Crippen molar-refractivity contribution in [2.75, 3.05) is 0 Å². The molecule has 0 aliphatic carbocycles. The molecule has 216 valence electrons. The maximum atomic E-state index is 12.6. The lowest BCUT2D eigenvalue weighted by atomic mass is 9.82. The van der Waals surface area contributed by atoms with Crippen LogP contribution in [0.15, 0.2) is 61.3 Å². The van der Waals surface area contributed by atoms with Gasteiger partial charge in [-0.1, -0.05) is 96.7 Å². The first-order chi connectivity index (χ1) is 17.9. The topological polar surface area (TPSA) is 107 Å². The quantitative estimate of drug-likeness (QED) is 0.228. The van der Waals surface area contributed by atoms with Crippen LogP contribution in [-0.4, -0.2) is 56.9 Å². The summed E-state index contributed by atoms with van der Waals surface area (Å²) in [7, 11) is 0. The van der Waals surface area contributed by atoms with Crippen LogP contribution in [0.2, 0.25) is 0 Å². The monoisotopic (exact) mass is 532 g/mol. The Morgan fingerprint density at radius 3 is 2.26 bits per heavy atom. The van der Waals surface area contributed by atoms with E-state index >= 15 is 0 Å². The number of hydrogen-bond acceptors (Lipinski definition) is 6. The number of carbonyl (C=O) groups excluding carboxylic acids is 1. The third-order valence-corrected chi connectivity index (χ3v) is 7.78. The molecule has 0 bridgehead atoms. The normalized spacial score (nSPS) is 40.7. The minimum Gasteiger partial charge on any atom is -0.458 e. The van der Waals surface area contributed by atoms with E-state index in [9.17, 15) is 25.2 Å². The van der Waals surface area contributed by atoms with Crippen molar-refractivity contribution in [3.05, 3.63) is 61.3 Å². The van der Waals surface area contributed by atoms with Gasteiger partial charge in [-0.25, -0.2) is 4.79 Å². The van der Waals surface area contributed by atoms with Gasteiger partial charge < -0.3 is 25.2 Å². The number of ether oxygens (including phenoxy) is 1. The summed E-state index contributed by atoms with van der Waals surface area (Å²) >= 11 is 0. The number of rotatable bonds is 3. The summed E-state index contributed by atoms with van der Waals surface area (Å²) in [5.41, 5.74) is 0.